The molecule has 1 aromatic rings. The molecule has 0 spiro atoms. The number of hydrogen-bond acceptors (Lipinski definition) is 4. The van der Waals surface area contributed by atoms with E-state index in [0.717, 1.165) is 15.6 Å². The third kappa shape index (κ3) is 3.91. The molecule has 1 amide bonds. The van der Waals surface area contributed by atoms with E-state index in [4.69, 9.17) is 0 Å². The van der Waals surface area contributed by atoms with E-state index in [9.17, 15) is 13.2 Å². The smallest absolute Gasteiger partial charge is 0.280 e. The molecule has 9 heteroatoms. The standard InChI is InChI=1S/C14H25N5O3S/c1-9-10(8-18(5)16-9)11-7-12(13(20)15-14(2,3)4)19(6)23(21,22)17-11/h8,11-12,17H,7H2,1-6H3,(H,15,20). The van der Waals surface area contributed by atoms with E-state index in [0.29, 0.717) is 6.42 Å². The highest BCUT2D eigenvalue weighted by atomic mass is 32.2. The average Bonchev–Trinajstić information content (AvgIpc) is 2.69. The first kappa shape index (κ1) is 17.9. The summed E-state index contributed by atoms with van der Waals surface area (Å²) in [6.45, 7) is 7.42. The second kappa shape index (κ2) is 5.88. The van der Waals surface area contributed by atoms with Crippen LogP contribution in [0.2, 0.25) is 0 Å². The van der Waals surface area contributed by atoms with Crippen molar-refractivity contribution in [1.29, 1.82) is 0 Å². The molecule has 0 radical (unpaired) electrons. The quantitative estimate of drug-likeness (QED) is 0.803. The minimum absolute atomic E-state index is 0.295. The third-order valence-electron chi connectivity index (χ3n) is 3.80. The van der Waals surface area contributed by atoms with Crippen molar-refractivity contribution in [2.24, 2.45) is 7.05 Å². The predicted molar refractivity (Wildman–Crippen MR) is 86.8 cm³/mol. The van der Waals surface area contributed by atoms with Crippen LogP contribution in [-0.2, 0) is 22.1 Å². The van der Waals surface area contributed by atoms with Crippen LogP contribution >= 0.6 is 0 Å². The molecule has 0 bridgehead atoms. The van der Waals surface area contributed by atoms with E-state index in [1.807, 2.05) is 27.7 Å². The first-order chi connectivity index (χ1) is 10.4. The number of aryl methyl sites for hydroxylation is 2. The van der Waals surface area contributed by atoms with Crippen molar-refractivity contribution >= 4 is 16.1 Å². The first-order valence-corrected chi connectivity index (χ1v) is 8.92. The summed E-state index contributed by atoms with van der Waals surface area (Å²) in [6, 6.07) is -1.23. The average molecular weight is 343 g/mol. The Bertz CT molecular complexity index is 704. The van der Waals surface area contributed by atoms with Crippen molar-refractivity contribution in [3.8, 4) is 0 Å². The van der Waals surface area contributed by atoms with Gasteiger partial charge in [-0.15, -0.1) is 0 Å². The van der Waals surface area contributed by atoms with Gasteiger partial charge in [0.25, 0.3) is 10.2 Å². The molecule has 0 aromatic carbocycles. The van der Waals surface area contributed by atoms with Crippen molar-refractivity contribution in [3.05, 3.63) is 17.5 Å². The summed E-state index contributed by atoms with van der Waals surface area (Å²) in [4.78, 5) is 12.5. The number of carbonyl (C=O) groups excluding carboxylic acids is 1. The molecule has 1 saturated heterocycles. The van der Waals surface area contributed by atoms with Gasteiger partial charge in [0, 0.05) is 31.4 Å². The Morgan fingerprint density at radius 1 is 1.39 bits per heavy atom. The number of amides is 1. The molecule has 0 aliphatic carbocycles. The molecule has 2 unspecified atom stereocenters. The maximum atomic E-state index is 12.5. The molecule has 2 N–H and O–H groups in total. The van der Waals surface area contributed by atoms with Crippen LogP contribution in [0.15, 0.2) is 6.20 Å². The fraction of sp³-hybridized carbons (Fsp3) is 0.714. The second-order valence-electron chi connectivity index (χ2n) is 7.03. The maximum Gasteiger partial charge on any atom is 0.280 e. The van der Waals surface area contributed by atoms with Crippen molar-refractivity contribution in [3.63, 3.8) is 0 Å². The Labute approximate surface area is 137 Å². The second-order valence-corrected chi connectivity index (χ2v) is 8.79. The van der Waals surface area contributed by atoms with Gasteiger partial charge in [-0.2, -0.15) is 22.5 Å². The van der Waals surface area contributed by atoms with Gasteiger partial charge in [0.15, 0.2) is 0 Å². The number of nitrogens with one attached hydrogen (secondary N) is 2. The highest BCUT2D eigenvalue weighted by molar-refractivity contribution is 7.87. The summed E-state index contributed by atoms with van der Waals surface area (Å²) in [7, 11) is -0.531. The molecule has 1 aromatic heterocycles. The van der Waals surface area contributed by atoms with Crippen LogP contribution < -0.4 is 10.0 Å². The maximum absolute atomic E-state index is 12.5. The van der Waals surface area contributed by atoms with Gasteiger partial charge in [0.1, 0.15) is 6.04 Å². The molecule has 0 saturated carbocycles. The van der Waals surface area contributed by atoms with Gasteiger partial charge < -0.3 is 5.32 Å². The molecule has 2 heterocycles. The number of nitrogens with zero attached hydrogens (tertiary/aromatic N) is 3. The van der Waals surface area contributed by atoms with Gasteiger partial charge in [0.2, 0.25) is 5.91 Å². The SMILES string of the molecule is Cc1nn(C)cc1C1CC(C(=O)NC(C)(C)C)N(C)S(=O)(=O)N1. The Morgan fingerprint density at radius 2 is 2.00 bits per heavy atom. The highest BCUT2D eigenvalue weighted by Crippen LogP contribution is 2.29. The molecule has 2 rings (SSSR count). The highest BCUT2D eigenvalue weighted by Gasteiger charge is 2.42. The molecular weight excluding hydrogens is 318 g/mol. The number of likely N-dealkylation sites (N-methyl/N-ethyl adjacent to an activating group) is 1. The van der Waals surface area contributed by atoms with Gasteiger partial charge in [0.05, 0.1) is 11.7 Å². The van der Waals surface area contributed by atoms with E-state index < -0.39 is 27.8 Å². The van der Waals surface area contributed by atoms with Crippen LogP contribution in [0.25, 0.3) is 0 Å². The Morgan fingerprint density at radius 3 is 2.48 bits per heavy atom. The van der Waals surface area contributed by atoms with Crippen LogP contribution in [0.1, 0.15) is 44.5 Å². The summed E-state index contributed by atoms with van der Waals surface area (Å²) in [6.07, 6.45) is 2.14. The lowest BCUT2D eigenvalue weighted by atomic mass is 9.99. The van der Waals surface area contributed by atoms with Gasteiger partial charge >= 0.3 is 0 Å². The van der Waals surface area contributed by atoms with E-state index in [1.54, 1.807) is 17.9 Å². The van der Waals surface area contributed by atoms with Gasteiger partial charge in [-0.3, -0.25) is 9.48 Å². The molecule has 2 atom stereocenters. The van der Waals surface area contributed by atoms with E-state index in [2.05, 4.69) is 15.1 Å². The van der Waals surface area contributed by atoms with Crippen molar-refractivity contribution in [2.45, 2.75) is 51.7 Å². The zero-order chi connectivity index (χ0) is 17.6. The van der Waals surface area contributed by atoms with Gasteiger partial charge in [-0.25, -0.2) is 0 Å². The van der Waals surface area contributed by atoms with Crippen LogP contribution in [0.5, 0.6) is 0 Å². The molecule has 1 aliphatic heterocycles. The monoisotopic (exact) mass is 343 g/mol. The number of hydrogen-bond donors (Lipinski definition) is 2. The Hall–Kier alpha value is -1.45. The van der Waals surface area contributed by atoms with Crippen molar-refractivity contribution in [2.75, 3.05) is 7.05 Å². The third-order valence-corrected chi connectivity index (χ3v) is 5.39. The fourth-order valence-electron chi connectivity index (χ4n) is 2.73. The van der Waals surface area contributed by atoms with Crippen LogP contribution in [-0.4, -0.2) is 47.0 Å². The van der Waals surface area contributed by atoms with E-state index >= 15 is 0 Å². The number of rotatable bonds is 2. The van der Waals surface area contributed by atoms with Crippen LogP contribution in [0.4, 0.5) is 0 Å². The lowest BCUT2D eigenvalue weighted by molar-refractivity contribution is -0.126. The van der Waals surface area contributed by atoms with Gasteiger partial charge in [-0.1, -0.05) is 0 Å². The number of carbonyl (C=O) groups is 1. The van der Waals surface area contributed by atoms with Crippen LogP contribution in [0.3, 0.4) is 0 Å². The molecule has 130 valence electrons. The van der Waals surface area contributed by atoms with Gasteiger partial charge in [-0.05, 0) is 34.1 Å². The molecule has 1 fully saturated rings. The summed E-state index contributed by atoms with van der Waals surface area (Å²) in [5.41, 5.74) is 1.11. The lowest BCUT2D eigenvalue weighted by Crippen LogP contribution is -2.59. The summed E-state index contributed by atoms with van der Waals surface area (Å²) < 4.78 is 30.1. The molecular formula is C14H25N5O3S. The Balaban J connectivity index is 2.32. The van der Waals surface area contributed by atoms with Crippen molar-refractivity contribution in [1.82, 2.24) is 24.1 Å². The van der Waals surface area contributed by atoms with Crippen molar-refractivity contribution < 1.29 is 13.2 Å². The minimum atomic E-state index is -3.73. The van der Waals surface area contributed by atoms with Crippen LogP contribution in [0, 0.1) is 6.92 Å². The topological polar surface area (TPSA) is 96.3 Å². The lowest BCUT2D eigenvalue weighted by Gasteiger charge is -2.37. The fourth-order valence-corrected chi connectivity index (χ4v) is 3.99. The summed E-state index contributed by atoms with van der Waals surface area (Å²) in [5, 5.41) is 7.11. The zero-order valence-electron chi connectivity index (χ0n) is 14.4. The first-order valence-electron chi connectivity index (χ1n) is 7.48. The predicted octanol–water partition coefficient (Wildman–Crippen LogP) is 0.223. The number of aromatic nitrogens is 2. The summed E-state index contributed by atoms with van der Waals surface area (Å²) >= 11 is 0. The Kier molecular flexibility index (Phi) is 4.57. The molecule has 1 aliphatic rings. The largest absolute Gasteiger partial charge is 0.350 e. The molecule has 23 heavy (non-hydrogen) atoms. The van der Waals surface area contributed by atoms with E-state index in [-0.39, 0.29) is 5.91 Å². The minimum Gasteiger partial charge on any atom is -0.350 e. The normalized spacial score (nSPS) is 25.3. The zero-order valence-corrected chi connectivity index (χ0v) is 15.2. The summed E-state index contributed by atoms with van der Waals surface area (Å²) in [5.74, 6) is -0.295. The van der Waals surface area contributed by atoms with E-state index in [1.165, 1.54) is 7.05 Å². The molecule has 8 nitrogen and oxygen atoms in total.